The molecule has 204 valence electrons. The van der Waals surface area contributed by atoms with Gasteiger partial charge in [-0.3, -0.25) is 14.6 Å². The molecule has 5 rings (SSSR count). The lowest BCUT2D eigenvalue weighted by Crippen LogP contribution is -2.52. The minimum absolute atomic E-state index is 0.0489. The number of anilines is 1. The van der Waals surface area contributed by atoms with Crippen LogP contribution in [0.2, 0.25) is 0 Å². The fourth-order valence-electron chi connectivity index (χ4n) is 5.83. The van der Waals surface area contributed by atoms with Crippen LogP contribution in [0.4, 0.5) is 18.9 Å². The summed E-state index contributed by atoms with van der Waals surface area (Å²) in [7, 11) is 0. The van der Waals surface area contributed by atoms with Crippen LogP contribution in [0.3, 0.4) is 0 Å². The first-order valence-electron chi connectivity index (χ1n) is 12.7. The Morgan fingerprint density at radius 2 is 1.95 bits per heavy atom. The third-order valence-corrected chi connectivity index (χ3v) is 8.32. The summed E-state index contributed by atoms with van der Waals surface area (Å²) < 4.78 is 43.3. The molecule has 1 fully saturated rings. The number of nitrogens with zero attached hydrogens (tertiary/aromatic N) is 2. The van der Waals surface area contributed by atoms with Crippen LogP contribution < -0.4 is 10.2 Å². The van der Waals surface area contributed by atoms with E-state index in [4.69, 9.17) is 11.6 Å². The Labute approximate surface area is 228 Å². The molecule has 0 spiro atoms. The average Bonchev–Trinajstić information content (AvgIpc) is 3.13. The molecule has 2 N–H and O–H groups in total. The van der Waals surface area contributed by atoms with E-state index in [1.165, 1.54) is 41.6 Å². The molecule has 6 nitrogen and oxygen atoms in total. The zero-order valence-electron chi connectivity index (χ0n) is 21.0. The molecule has 3 aromatic rings. The Bertz CT molecular complexity index is 1390. The molecule has 1 saturated carbocycles. The Balaban J connectivity index is 1.42. The van der Waals surface area contributed by atoms with Crippen molar-refractivity contribution in [1.82, 2.24) is 10.3 Å². The zero-order valence-corrected chi connectivity index (χ0v) is 21.8. The van der Waals surface area contributed by atoms with Crippen LogP contribution in [0.1, 0.15) is 39.9 Å². The largest absolute Gasteiger partial charge is 0.372 e. The summed E-state index contributed by atoms with van der Waals surface area (Å²) in [4.78, 5) is 31.7. The van der Waals surface area contributed by atoms with E-state index in [2.05, 4.69) is 10.3 Å². The van der Waals surface area contributed by atoms with Crippen LogP contribution in [-0.2, 0) is 10.4 Å². The summed E-state index contributed by atoms with van der Waals surface area (Å²) >= 11 is 6.71. The van der Waals surface area contributed by atoms with Gasteiger partial charge in [0.05, 0.1) is 11.3 Å². The summed E-state index contributed by atoms with van der Waals surface area (Å²) in [5.41, 5.74) is -0.971. The predicted octanol–water partition coefficient (Wildman–Crippen LogP) is 4.81. The van der Waals surface area contributed by atoms with Crippen LogP contribution in [0.15, 0.2) is 67.0 Å². The minimum Gasteiger partial charge on any atom is -0.372 e. The van der Waals surface area contributed by atoms with Gasteiger partial charge in [0.2, 0.25) is 6.43 Å². The number of hydrogen-bond donors (Lipinski definition) is 2. The molecular formula is C29H27ClF3N3O3. The van der Waals surface area contributed by atoms with Crippen LogP contribution in [0.5, 0.6) is 0 Å². The summed E-state index contributed by atoms with van der Waals surface area (Å²) in [6, 6.07) is 12.8. The Kier molecular flexibility index (Phi) is 7.39. The molecule has 2 heterocycles. The number of halogens is 4. The van der Waals surface area contributed by atoms with Gasteiger partial charge in [-0.1, -0.05) is 30.3 Å². The van der Waals surface area contributed by atoms with Crippen molar-refractivity contribution in [3.8, 4) is 0 Å². The molecule has 2 aliphatic rings. The van der Waals surface area contributed by atoms with Crippen molar-refractivity contribution in [2.75, 3.05) is 11.4 Å². The minimum atomic E-state index is -2.74. The first kappa shape index (κ1) is 27.1. The van der Waals surface area contributed by atoms with Gasteiger partial charge in [0.25, 0.3) is 11.8 Å². The van der Waals surface area contributed by atoms with Gasteiger partial charge in [-0.2, -0.15) is 0 Å². The Morgan fingerprint density at radius 1 is 1.18 bits per heavy atom. The van der Waals surface area contributed by atoms with E-state index in [0.717, 1.165) is 0 Å². The van der Waals surface area contributed by atoms with Gasteiger partial charge in [-0.15, -0.1) is 11.6 Å². The number of aryl methyl sites for hydroxylation is 1. The summed E-state index contributed by atoms with van der Waals surface area (Å²) in [5.74, 6) is -3.79. The number of nitrogens with one attached hydrogen (secondary N) is 1. The molecule has 0 radical (unpaired) electrons. The normalized spacial score (nSPS) is 26.5. The van der Waals surface area contributed by atoms with E-state index < -0.39 is 52.9 Å². The van der Waals surface area contributed by atoms with Crippen molar-refractivity contribution in [2.45, 2.75) is 43.2 Å². The maximum atomic E-state index is 14.9. The van der Waals surface area contributed by atoms with E-state index in [0.29, 0.717) is 11.3 Å². The van der Waals surface area contributed by atoms with E-state index >= 15 is 0 Å². The highest BCUT2D eigenvalue weighted by Gasteiger charge is 2.54. The highest BCUT2D eigenvalue weighted by atomic mass is 35.5. The molecule has 0 saturated heterocycles. The lowest BCUT2D eigenvalue weighted by atomic mass is 9.77. The van der Waals surface area contributed by atoms with Gasteiger partial charge >= 0.3 is 0 Å². The Hall–Kier alpha value is -3.43. The monoisotopic (exact) mass is 557 g/mol. The number of carbonyl (C=O) groups is 2. The topological polar surface area (TPSA) is 82.5 Å². The number of hydrogen-bond acceptors (Lipinski definition) is 4. The number of aromatic nitrogens is 1. The third kappa shape index (κ3) is 4.78. The van der Waals surface area contributed by atoms with E-state index in [1.807, 2.05) is 0 Å². The highest BCUT2D eigenvalue weighted by Crippen LogP contribution is 2.48. The molecule has 2 aromatic carbocycles. The lowest BCUT2D eigenvalue weighted by Gasteiger charge is -2.40. The highest BCUT2D eigenvalue weighted by molar-refractivity contribution is 6.21. The molecule has 2 amide bonds. The quantitative estimate of drug-likeness (QED) is 0.426. The first-order chi connectivity index (χ1) is 18.6. The second-order valence-electron chi connectivity index (χ2n) is 10.1. The standard InChI is InChI=1S/C29H27ClF3N3O3/c1-16-6-4-10-24-25(16)29(39,20-8-2-3-9-22(20)31)28(38)36(24)15-18-12-19(26(32)33)23(13-21(18)30)35-27(37)17-7-5-11-34-14-17/h2-11,14,18-19,21,23,26,39H,12-13,15H2,1H3,(H,35,37)/t18-,19-,21-,23-,29+/m1/s1. The van der Waals surface area contributed by atoms with Crippen LogP contribution in [-0.4, -0.2) is 46.3 Å². The first-order valence-corrected chi connectivity index (χ1v) is 13.1. The number of carbonyl (C=O) groups excluding carboxylic acids is 2. The van der Waals surface area contributed by atoms with Crippen molar-refractivity contribution >= 4 is 29.1 Å². The summed E-state index contributed by atoms with van der Waals surface area (Å²) in [5, 5.41) is 13.8. The average molecular weight is 558 g/mol. The SMILES string of the molecule is Cc1cccc2c1[C@@](O)(c1ccccc1F)C(=O)N2C[C@H]1C[C@@H](C(F)F)[C@H](NC(=O)c2cccnc2)C[C@H]1Cl. The number of alkyl halides is 3. The number of benzene rings is 2. The number of fused-ring (bicyclic) bond motifs is 1. The fourth-order valence-corrected chi connectivity index (χ4v) is 6.21. The third-order valence-electron chi connectivity index (χ3n) is 7.79. The number of pyridine rings is 1. The van der Waals surface area contributed by atoms with Gasteiger partial charge in [0.15, 0.2) is 5.60 Å². The second kappa shape index (κ2) is 10.6. The van der Waals surface area contributed by atoms with Gasteiger partial charge in [-0.05, 0) is 55.5 Å². The van der Waals surface area contributed by atoms with E-state index in [1.54, 1.807) is 37.3 Å². The number of amides is 2. The van der Waals surface area contributed by atoms with Gasteiger partial charge in [-0.25, -0.2) is 13.2 Å². The molecular weight excluding hydrogens is 531 g/mol. The van der Waals surface area contributed by atoms with Gasteiger partial charge in [0.1, 0.15) is 5.82 Å². The Morgan fingerprint density at radius 3 is 2.64 bits per heavy atom. The summed E-state index contributed by atoms with van der Waals surface area (Å²) in [6.07, 6.45) is 0.118. The van der Waals surface area contributed by atoms with Gasteiger partial charge in [0, 0.05) is 47.4 Å². The zero-order chi connectivity index (χ0) is 27.9. The molecule has 10 heteroatoms. The van der Waals surface area contributed by atoms with Crippen molar-refractivity contribution < 1.29 is 27.9 Å². The number of aliphatic hydroxyl groups is 1. The van der Waals surface area contributed by atoms with Crippen LogP contribution in [0, 0.1) is 24.6 Å². The van der Waals surface area contributed by atoms with E-state index in [9.17, 15) is 27.9 Å². The molecule has 0 unspecified atom stereocenters. The number of rotatable bonds is 6. The maximum absolute atomic E-state index is 14.9. The molecule has 0 bridgehead atoms. The fraction of sp³-hybridized carbons (Fsp3) is 0.345. The maximum Gasteiger partial charge on any atom is 0.268 e. The molecule has 1 aliphatic carbocycles. The van der Waals surface area contributed by atoms with Gasteiger partial charge < -0.3 is 15.3 Å². The van der Waals surface area contributed by atoms with E-state index in [-0.39, 0.29) is 36.1 Å². The molecule has 5 atom stereocenters. The van der Waals surface area contributed by atoms with Crippen molar-refractivity contribution in [1.29, 1.82) is 0 Å². The van der Waals surface area contributed by atoms with Crippen molar-refractivity contribution in [3.63, 3.8) is 0 Å². The van der Waals surface area contributed by atoms with Crippen LogP contribution >= 0.6 is 11.6 Å². The molecule has 39 heavy (non-hydrogen) atoms. The molecule has 1 aliphatic heterocycles. The van der Waals surface area contributed by atoms with Crippen LogP contribution in [0.25, 0.3) is 0 Å². The second-order valence-corrected chi connectivity index (χ2v) is 10.7. The molecule has 1 aromatic heterocycles. The van der Waals surface area contributed by atoms with Crippen molar-refractivity contribution in [2.24, 2.45) is 11.8 Å². The smallest absolute Gasteiger partial charge is 0.268 e. The lowest BCUT2D eigenvalue weighted by molar-refractivity contribution is -0.132. The van der Waals surface area contributed by atoms with Crippen molar-refractivity contribution in [3.05, 3.63) is 95.1 Å². The predicted molar refractivity (Wildman–Crippen MR) is 140 cm³/mol. The summed E-state index contributed by atoms with van der Waals surface area (Å²) in [6.45, 7) is 1.67.